The van der Waals surface area contributed by atoms with Crippen LogP contribution >= 0.6 is 0 Å². The number of esters is 1. The zero-order valence-electron chi connectivity index (χ0n) is 14.1. The van der Waals surface area contributed by atoms with E-state index in [0.717, 1.165) is 34.9 Å². The number of aryl methyl sites for hydroxylation is 1. The maximum Gasteiger partial charge on any atom is 0.359 e. The number of hydrogen-bond acceptors (Lipinski definition) is 5. The fourth-order valence-corrected chi connectivity index (χ4v) is 4.92. The van der Waals surface area contributed by atoms with Crippen molar-refractivity contribution in [2.75, 3.05) is 6.54 Å². The average molecular weight is 341 g/mol. The number of carbonyl (C=O) groups is 1. The first kappa shape index (κ1) is 15.0. The van der Waals surface area contributed by atoms with Crippen LogP contribution in [0, 0.1) is 16.7 Å². The number of nitrogens with zero attached hydrogens (tertiary/aromatic N) is 3. The van der Waals surface area contributed by atoms with Crippen LogP contribution in [-0.4, -0.2) is 45.4 Å². The summed E-state index contributed by atoms with van der Waals surface area (Å²) in [6.07, 6.45) is 2.41. The van der Waals surface area contributed by atoms with Crippen LogP contribution in [0.1, 0.15) is 29.8 Å². The van der Waals surface area contributed by atoms with E-state index in [-0.39, 0.29) is 30.2 Å². The number of aromatic nitrogens is 2. The van der Waals surface area contributed by atoms with E-state index in [4.69, 9.17) is 4.74 Å². The molecule has 7 heteroatoms. The van der Waals surface area contributed by atoms with Crippen molar-refractivity contribution in [1.82, 2.24) is 15.1 Å². The zero-order valence-corrected chi connectivity index (χ0v) is 14.1. The molecule has 25 heavy (non-hydrogen) atoms. The Hall–Kier alpha value is -2.28. The zero-order chi connectivity index (χ0) is 17.1. The summed E-state index contributed by atoms with van der Waals surface area (Å²) in [6, 6.07) is 7.74. The van der Waals surface area contributed by atoms with Gasteiger partial charge < -0.3 is 4.74 Å². The van der Waals surface area contributed by atoms with Crippen molar-refractivity contribution in [3.05, 3.63) is 34.9 Å². The van der Waals surface area contributed by atoms with E-state index in [9.17, 15) is 9.70 Å². The van der Waals surface area contributed by atoms with Gasteiger partial charge in [0.15, 0.2) is 12.2 Å². The smallest absolute Gasteiger partial charge is 0.359 e. The van der Waals surface area contributed by atoms with Gasteiger partial charge >= 0.3 is 5.97 Å². The second-order valence-electron chi connectivity index (χ2n) is 7.57. The molecular weight excluding hydrogens is 320 g/mol. The summed E-state index contributed by atoms with van der Waals surface area (Å²) < 4.78 is 8.78. The van der Waals surface area contributed by atoms with Crippen molar-refractivity contribution < 1.29 is 14.3 Å². The Morgan fingerprint density at radius 2 is 2.16 bits per heavy atom. The number of para-hydroxylation sites is 1. The Labute approximate surface area is 144 Å². The highest BCUT2D eigenvalue weighted by Gasteiger charge is 2.54. The predicted molar refractivity (Wildman–Crippen MR) is 90.0 cm³/mol. The number of carbonyl (C=O) groups excluding carboxylic acids is 1. The molecule has 2 aromatic rings. The van der Waals surface area contributed by atoms with Crippen molar-refractivity contribution in [2.45, 2.75) is 37.6 Å². The van der Waals surface area contributed by atoms with E-state index in [1.54, 1.807) is 4.68 Å². The molecule has 5 fully saturated rings. The van der Waals surface area contributed by atoms with Gasteiger partial charge in [-0.25, -0.2) is 10.1 Å². The Morgan fingerprint density at radius 1 is 1.32 bits per heavy atom. The van der Waals surface area contributed by atoms with Gasteiger partial charge in [-0.2, -0.15) is 5.10 Å². The second kappa shape index (κ2) is 5.36. The highest BCUT2D eigenvalue weighted by molar-refractivity contribution is 6.02. The SMILES string of the molecule is Cn1nc(C(=O)OC2CC3CC4C[N+](=O)C(C3)NC42)c2ccccc21. The molecule has 0 radical (unpaired) electrons. The molecule has 7 rings (SSSR count). The molecule has 5 aliphatic rings. The van der Waals surface area contributed by atoms with Gasteiger partial charge in [0.2, 0.25) is 0 Å². The highest BCUT2D eigenvalue weighted by atomic mass is 16.5. The van der Waals surface area contributed by atoms with Gasteiger partial charge in [0, 0.05) is 34.4 Å². The quantitative estimate of drug-likeness (QED) is 0.663. The summed E-state index contributed by atoms with van der Waals surface area (Å²) >= 11 is 0. The number of ether oxygens (including phenoxy) is 1. The lowest BCUT2D eigenvalue weighted by Gasteiger charge is -2.37. The molecule has 1 aromatic heterocycles. The summed E-state index contributed by atoms with van der Waals surface area (Å²) in [5, 5.41) is 8.59. The molecule has 1 aliphatic carbocycles. The Kier molecular flexibility index (Phi) is 3.22. The fourth-order valence-electron chi connectivity index (χ4n) is 4.92. The Morgan fingerprint density at radius 3 is 3.04 bits per heavy atom. The molecule has 1 N–H and O–H groups in total. The Balaban J connectivity index is 1.42. The molecule has 5 unspecified atom stereocenters. The average Bonchev–Trinajstić information content (AvgIpc) is 2.72. The number of rotatable bonds is 2. The normalized spacial score (nSPS) is 33.6. The lowest BCUT2D eigenvalue weighted by molar-refractivity contribution is -0.608. The van der Waals surface area contributed by atoms with Crippen LogP contribution in [0.4, 0.5) is 0 Å². The van der Waals surface area contributed by atoms with Gasteiger partial charge in [-0.1, -0.05) is 18.2 Å². The van der Waals surface area contributed by atoms with Crippen LogP contribution in [0.25, 0.3) is 10.9 Å². The lowest BCUT2D eigenvalue weighted by Crippen LogP contribution is -2.59. The molecule has 7 nitrogen and oxygen atoms in total. The van der Waals surface area contributed by atoms with Crippen molar-refractivity contribution in [2.24, 2.45) is 18.9 Å². The molecule has 5 atom stereocenters. The van der Waals surface area contributed by atoms with Crippen LogP contribution in [0.2, 0.25) is 0 Å². The molecule has 130 valence electrons. The van der Waals surface area contributed by atoms with Gasteiger partial charge in [0.25, 0.3) is 6.17 Å². The monoisotopic (exact) mass is 341 g/mol. The first-order chi connectivity index (χ1) is 12.1. The fraction of sp³-hybridized carbons (Fsp3) is 0.556. The number of nitroso groups, excluding NO2 is 1. The summed E-state index contributed by atoms with van der Waals surface area (Å²) in [7, 11) is 1.83. The first-order valence-electron chi connectivity index (χ1n) is 8.92. The minimum absolute atomic E-state index is 0.0767. The van der Waals surface area contributed by atoms with Gasteiger partial charge in [-0.15, -0.1) is 0 Å². The standard InChI is InChI=1S/C18H21N4O3/c1-21-13-5-3-2-4-12(13)17(20-21)18(23)25-14-7-10-6-11-9-22(24)15(8-10)19-16(11)14/h2-5,10-11,14-16,19H,6-9H2,1H3/q+1. The number of fused-ring (bicyclic) bond motifs is 3. The van der Waals surface area contributed by atoms with E-state index >= 15 is 0 Å². The minimum atomic E-state index is -0.369. The number of hydrogen-bond donors (Lipinski definition) is 1. The summed E-state index contributed by atoms with van der Waals surface area (Å²) in [6.45, 7) is 0.541. The number of benzene rings is 1. The van der Waals surface area contributed by atoms with Crippen LogP contribution in [-0.2, 0) is 11.8 Å². The molecule has 5 heterocycles. The van der Waals surface area contributed by atoms with E-state index in [0.29, 0.717) is 18.2 Å². The highest BCUT2D eigenvalue weighted by Crippen LogP contribution is 2.41. The molecule has 0 spiro atoms. The van der Waals surface area contributed by atoms with Gasteiger partial charge in [0.05, 0.1) is 11.6 Å². The van der Waals surface area contributed by atoms with Gasteiger partial charge in [0.1, 0.15) is 6.10 Å². The molecule has 1 aromatic carbocycles. The predicted octanol–water partition coefficient (Wildman–Crippen LogP) is 1.61. The summed E-state index contributed by atoms with van der Waals surface area (Å²) in [5.41, 5.74) is 1.28. The van der Waals surface area contributed by atoms with Crippen molar-refractivity contribution in [3.63, 3.8) is 0 Å². The molecule has 1 saturated carbocycles. The van der Waals surface area contributed by atoms with Crippen LogP contribution < -0.4 is 5.32 Å². The third-order valence-corrected chi connectivity index (χ3v) is 6.02. The molecule has 0 amide bonds. The van der Waals surface area contributed by atoms with Gasteiger partial charge in [-0.05, 0) is 24.8 Å². The van der Waals surface area contributed by atoms with Crippen molar-refractivity contribution in [3.8, 4) is 0 Å². The largest absolute Gasteiger partial charge is 0.456 e. The topological polar surface area (TPSA) is 76.2 Å². The van der Waals surface area contributed by atoms with Crippen LogP contribution in [0.3, 0.4) is 0 Å². The lowest BCUT2D eigenvalue weighted by atomic mass is 9.77. The summed E-state index contributed by atoms with van der Waals surface area (Å²) in [5.74, 6) is 0.331. The maximum atomic E-state index is 12.8. The summed E-state index contributed by atoms with van der Waals surface area (Å²) in [4.78, 5) is 24.8. The van der Waals surface area contributed by atoms with E-state index in [1.807, 2.05) is 31.3 Å². The Bertz CT molecular complexity index is 876. The van der Waals surface area contributed by atoms with E-state index < -0.39 is 0 Å². The molecule has 4 bridgehead atoms. The second-order valence-corrected chi connectivity index (χ2v) is 7.57. The first-order valence-corrected chi connectivity index (χ1v) is 8.92. The maximum absolute atomic E-state index is 12.8. The van der Waals surface area contributed by atoms with Crippen LogP contribution in [0.15, 0.2) is 24.3 Å². The molecule has 4 aliphatic heterocycles. The minimum Gasteiger partial charge on any atom is -0.456 e. The number of nitrogens with one attached hydrogen (secondary N) is 1. The third kappa shape index (κ3) is 2.29. The van der Waals surface area contributed by atoms with E-state index in [2.05, 4.69) is 10.4 Å². The molecular formula is C18H21N4O3+. The molecule has 4 saturated heterocycles. The van der Waals surface area contributed by atoms with E-state index in [1.165, 1.54) is 0 Å². The van der Waals surface area contributed by atoms with Crippen molar-refractivity contribution >= 4 is 16.9 Å². The van der Waals surface area contributed by atoms with Crippen LogP contribution in [0.5, 0.6) is 0 Å². The van der Waals surface area contributed by atoms with Crippen molar-refractivity contribution in [1.29, 1.82) is 0 Å². The third-order valence-electron chi connectivity index (χ3n) is 6.02. The van der Waals surface area contributed by atoms with Gasteiger partial charge in [-0.3, -0.25) is 4.68 Å².